The first-order chi connectivity index (χ1) is 7.99. The molecule has 0 aromatic heterocycles. The lowest BCUT2D eigenvalue weighted by Crippen LogP contribution is -2.42. The first-order valence-corrected chi connectivity index (χ1v) is 7.42. The Hall–Kier alpha value is -0.0800. The summed E-state index contributed by atoms with van der Waals surface area (Å²) in [5.41, 5.74) is 0. The van der Waals surface area contributed by atoms with E-state index in [0.717, 1.165) is 23.9 Å². The van der Waals surface area contributed by atoms with Gasteiger partial charge in [-0.3, -0.25) is 0 Å². The van der Waals surface area contributed by atoms with Gasteiger partial charge in [0.1, 0.15) is 0 Å². The maximum Gasteiger partial charge on any atom is 0.00934 e. The lowest BCUT2D eigenvalue weighted by atomic mass is 9.90. The second kappa shape index (κ2) is 7.38. The number of hydrogen-bond acceptors (Lipinski definition) is 2. The van der Waals surface area contributed by atoms with Gasteiger partial charge >= 0.3 is 0 Å². The van der Waals surface area contributed by atoms with Crippen molar-refractivity contribution in [3.05, 3.63) is 0 Å². The summed E-state index contributed by atoms with van der Waals surface area (Å²) in [5.74, 6) is 1.56. The van der Waals surface area contributed by atoms with Crippen LogP contribution in [0.5, 0.6) is 0 Å². The van der Waals surface area contributed by atoms with Crippen LogP contribution in [0.4, 0.5) is 0 Å². The zero-order chi connectivity index (χ0) is 12.8. The molecule has 2 nitrogen and oxygen atoms in total. The third-order valence-electron chi connectivity index (χ3n) is 3.79. The van der Waals surface area contributed by atoms with Crippen LogP contribution in [0.2, 0.25) is 0 Å². The van der Waals surface area contributed by atoms with Gasteiger partial charge in [-0.1, -0.05) is 27.7 Å². The van der Waals surface area contributed by atoms with Crippen LogP contribution in [0.15, 0.2) is 0 Å². The Balaban J connectivity index is 2.21. The molecule has 0 radical (unpaired) electrons. The van der Waals surface area contributed by atoms with Crippen molar-refractivity contribution in [2.75, 3.05) is 20.1 Å². The standard InChI is InChI=1S/C15H32N2/c1-12(2)10-16-14-6-8-15(9-7-14)17(5)11-13(3)4/h12-16H,6-11H2,1-5H3. The highest BCUT2D eigenvalue weighted by Gasteiger charge is 2.23. The van der Waals surface area contributed by atoms with Gasteiger partial charge in [0.2, 0.25) is 0 Å². The Morgan fingerprint density at radius 1 is 1.00 bits per heavy atom. The van der Waals surface area contributed by atoms with Crippen LogP contribution in [0.1, 0.15) is 53.4 Å². The molecule has 0 spiro atoms. The molecule has 2 heteroatoms. The molecular formula is C15H32N2. The minimum absolute atomic E-state index is 0.774. The lowest BCUT2D eigenvalue weighted by Gasteiger charge is -2.36. The maximum absolute atomic E-state index is 3.70. The van der Waals surface area contributed by atoms with Crippen LogP contribution in [0, 0.1) is 11.8 Å². The van der Waals surface area contributed by atoms with E-state index in [1.807, 2.05) is 0 Å². The molecule has 0 atom stereocenters. The molecule has 0 unspecified atom stereocenters. The van der Waals surface area contributed by atoms with E-state index in [-0.39, 0.29) is 0 Å². The zero-order valence-corrected chi connectivity index (χ0v) is 12.5. The summed E-state index contributed by atoms with van der Waals surface area (Å²) >= 11 is 0. The highest BCUT2D eigenvalue weighted by atomic mass is 15.1. The smallest absolute Gasteiger partial charge is 0.00934 e. The first kappa shape index (κ1) is 15.0. The highest BCUT2D eigenvalue weighted by Crippen LogP contribution is 2.23. The average molecular weight is 240 g/mol. The van der Waals surface area contributed by atoms with E-state index in [0.29, 0.717) is 0 Å². The van der Waals surface area contributed by atoms with Gasteiger partial charge in [-0.2, -0.15) is 0 Å². The Kier molecular flexibility index (Phi) is 6.50. The molecule has 0 heterocycles. The SMILES string of the molecule is CC(C)CNC1CCC(N(C)CC(C)C)CC1. The molecule has 0 aromatic rings. The Morgan fingerprint density at radius 3 is 2.06 bits per heavy atom. The van der Waals surface area contributed by atoms with Crippen molar-refractivity contribution in [3.8, 4) is 0 Å². The van der Waals surface area contributed by atoms with Crippen LogP contribution in [-0.4, -0.2) is 37.1 Å². The highest BCUT2D eigenvalue weighted by molar-refractivity contribution is 4.82. The van der Waals surface area contributed by atoms with E-state index < -0.39 is 0 Å². The predicted octanol–water partition coefficient (Wildman–Crippen LogP) is 3.13. The summed E-state index contributed by atoms with van der Waals surface area (Å²) in [6.07, 6.45) is 5.47. The lowest BCUT2D eigenvalue weighted by molar-refractivity contribution is 0.159. The Bertz CT molecular complexity index is 193. The predicted molar refractivity (Wildman–Crippen MR) is 76.4 cm³/mol. The average Bonchev–Trinajstić information content (AvgIpc) is 2.26. The largest absolute Gasteiger partial charge is 0.314 e. The molecule has 1 aliphatic rings. The van der Waals surface area contributed by atoms with E-state index in [2.05, 4.69) is 45.0 Å². The molecule has 1 fully saturated rings. The van der Waals surface area contributed by atoms with Gasteiger partial charge in [0.25, 0.3) is 0 Å². The van der Waals surface area contributed by atoms with Gasteiger partial charge in [0, 0.05) is 18.6 Å². The summed E-state index contributed by atoms with van der Waals surface area (Å²) in [7, 11) is 2.30. The summed E-state index contributed by atoms with van der Waals surface area (Å²) in [4.78, 5) is 2.57. The monoisotopic (exact) mass is 240 g/mol. The first-order valence-electron chi connectivity index (χ1n) is 7.42. The van der Waals surface area contributed by atoms with Gasteiger partial charge in [-0.05, 0) is 51.1 Å². The van der Waals surface area contributed by atoms with Gasteiger partial charge in [0.05, 0.1) is 0 Å². The third kappa shape index (κ3) is 5.87. The van der Waals surface area contributed by atoms with Crippen LogP contribution < -0.4 is 5.32 Å². The van der Waals surface area contributed by atoms with Crippen molar-refractivity contribution in [3.63, 3.8) is 0 Å². The van der Waals surface area contributed by atoms with Gasteiger partial charge in [-0.15, -0.1) is 0 Å². The van der Waals surface area contributed by atoms with Crippen molar-refractivity contribution < 1.29 is 0 Å². The number of nitrogens with one attached hydrogen (secondary N) is 1. The van der Waals surface area contributed by atoms with Crippen LogP contribution in [0.25, 0.3) is 0 Å². The molecule has 0 saturated heterocycles. The summed E-state index contributed by atoms with van der Waals surface area (Å²) in [6, 6.07) is 1.61. The normalized spacial score (nSPS) is 26.1. The second-order valence-electron chi connectivity index (χ2n) is 6.64. The van der Waals surface area contributed by atoms with Crippen LogP contribution in [0.3, 0.4) is 0 Å². The second-order valence-corrected chi connectivity index (χ2v) is 6.64. The van der Waals surface area contributed by atoms with Crippen LogP contribution in [-0.2, 0) is 0 Å². The Labute approximate surface area is 108 Å². The van der Waals surface area contributed by atoms with Crippen LogP contribution >= 0.6 is 0 Å². The van der Waals surface area contributed by atoms with E-state index in [4.69, 9.17) is 0 Å². The molecular weight excluding hydrogens is 208 g/mol. The minimum Gasteiger partial charge on any atom is -0.314 e. The Morgan fingerprint density at radius 2 is 1.59 bits per heavy atom. The number of nitrogens with zero attached hydrogens (tertiary/aromatic N) is 1. The van der Waals surface area contributed by atoms with Crippen molar-refractivity contribution in [1.29, 1.82) is 0 Å². The molecule has 0 aliphatic heterocycles. The van der Waals surface area contributed by atoms with Gasteiger partial charge in [-0.25, -0.2) is 0 Å². The maximum atomic E-state index is 3.70. The molecule has 1 N–H and O–H groups in total. The van der Waals surface area contributed by atoms with Gasteiger partial charge < -0.3 is 10.2 Å². The number of hydrogen-bond donors (Lipinski definition) is 1. The fourth-order valence-corrected chi connectivity index (χ4v) is 2.85. The number of rotatable bonds is 6. The van der Waals surface area contributed by atoms with Crippen molar-refractivity contribution in [2.24, 2.45) is 11.8 Å². The molecule has 1 saturated carbocycles. The zero-order valence-electron chi connectivity index (χ0n) is 12.5. The topological polar surface area (TPSA) is 15.3 Å². The van der Waals surface area contributed by atoms with Crippen molar-refractivity contribution >= 4 is 0 Å². The van der Waals surface area contributed by atoms with Crippen molar-refractivity contribution in [1.82, 2.24) is 10.2 Å². The van der Waals surface area contributed by atoms with Crippen molar-refractivity contribution in [2.45, 2.75) is 65.5 Å². The molecule has 0 amide bonds. The fourth-order valence-electron chi connectivity index (χ4n) is 2.85. The van der Waals surface area contributed by atoms with E-state index in [1.54, 1.807) is 0 Å². The molecule has 1 aliphatic carbocycles. The summed E-state index contributed by atoms with van der Waals surface area (Å²) < 4.78 is 0. The minimum atomic E-state index is 0.774. The molecule has 17 heavy (non-hydrogen) atoms. The quantitative estimate of drug-likeness (QED) is 0.767. The summed E-state index contributed by atoms with van der Waals surface area (Å²) in [5, 5.41) is 3.70. The van der Waals surface area contributed by atoms with Gasteiger partial charge in [0.15, 0.2) is 0 Å². The van der Waals surface area contributed by atoms with E-state index in [1.165, 1.54) is 38.8 Å². The third-order valence-corrected chi connectivity index (χ3v) is 3.79. The van der Waals surface area contributed by atoms with E-state index >= 15 is 0 Å². The summed E-state index contributed by atoms with van der Waals surface area (Å²) in [6.45, 7) is 11.6. The molecule has 0 aromatic carbocycles. The molecule has 1 rings (SSSR count). The molecule has 0 bridgehead atoms. The van der Waals surface area contributed by atoms with E-state index in [9.17, 15) is 0 Å². The molecule has 102 valence electrons. The fraction of sp³-hybridized carbons (Fsp3) is 1.00.